The van der Waals surface area contributed by atoms with Crippen molar-refractivity contribution in [1.29, 1.82) is 0 Å². The molecular weight excluding hydrogens is 386 g/mol. The third-order valence-electron chi connectivity index (χ3n) is 5.40. The third-order valence-corrected chi connectivity index (χ3v) is 5.40. The van der Waals surface area contributed by atoms with Gasteiger partial charge in [0.1, 0.15) is 18.1 Å². The lowest BCUT2D eigenvalue weighted by Gasteiger charge is -2.30. The Hall–Kier alpha value is -3.07. The molecule has 3 N–H and O–H groups in total. The van der Waals surface area contributed by atoms with Gasteiger partial charge in [-0.3, -0.25) is 14.2 Å². The Morgan fingerprint density at radius 2 is 1.87 bits per heavy atom. The molecule has 0 spiro atoms. The molecule has 0 radical (unpaired) electrons. The van der Waals surface area contributed by atoms with Crippen LogP contribution < -0.4 is 27.2 Å². The van der Waals surface area contributed by atoms with E-state index in [0.29, 0.717) is 45.0 Å². The lowest BCUT2D eigenvalue weighted by atomic mass is 10.1. The molecule has 1 aliphatic rings. The molecule has 0 unspecified atom stereocenters. The smallest absolute Gasteiger partial charge is 0.333 e. The van der Waals surface area contributed by atoms with E-state index in [2.05, 4.69) is 5.32 Å². The maximum Gasteiger partial charge on any atom is 0.333 e. The summed E-state index contributed by atoms with van der Waals surface area (Å²) in [7, 11) is 0. The number of ether oxygens (including phenoxy) is 1. The van der Waals surface area contributed by atoms with Gasteiger partial charge in [0, 0.05) is 25.3 Å². The van der Waals surface area contributed by atoms with Crippen molar-refractivity contribution in [2.75, 3.05) is 42.3 Å². The molecule has 1 saturated heterocycles. The first-order chi connectivity index (χ1) is 14.3. The molecular formula is C21H29N5O4. The molecule has 3 rings (SSSR count). The molecule has 1 aromatic heterocycles. The van der Waals surface area contributed by atoms with Gasteiger partial charge in [0.15, 0.2) is 0 Å². The first-order valence-electron chi connectivity index (χ1n) is 10.2. The minimum atomic E-state index is -0.576. The van der Waals surface area contributed by atoms with Crippen LogP contribution in [0.2, 0.25) is 0 Å². The highest BCUT2D eigenvalue weighted by Gasteiger charge is 2.24. The fraction of sp³-hybridized carbons (Fsp3) is 0.476. The monoisotopic (exact) mass is 415 g/mol. The maximum absolute atomic E-state index is 13.2. The Morgan fingerprint density at radius 3 is 2.53 bits per heavy atom. The first-order valence-corrected chi connectivity index (χ1v) is 10.2. The summed E-state index contributed by atoms with van der Waals surface area (Å²) < 4.78 is 7.70. The molecule has 9 nitrogen and oxygen atoms in total. The van der Waals surface area contributed by atoms with E-state index in [-0.39, 0.29) is 18.1 Å². The zero-order valence-electron chi connectivity index (χ0n) is 17.7. The van der Waals surface area contributed by atoms with Crippen LogP contribution in [0.25, 0.3) is 0 Å². The van der Waals surface area contributed by atoms with Gasteiger partial charge in [-0.25, -0.2) is 9.36 Å². The van der Waals surface area contributed by atoms with E-state index in [1.165, 1.54) is 4.57 Å². The number of nitrogen functional groups attached to an aromatic ring is 1. The van der Waals surface area contributed by atoms with Crippen molar-refractivity contribution in [2.24, 2.45) is 0 Å². The standard InChI is InChI=1S/C21H29N5O4/c1-4-8-25-19(22)18(24-9-11-30-12-10-24)20(28)26(21(25)29)13-17(27)23-16-7-5-6-14(2)15(16)3/h5-7H,4,8-13,22H2,1-3H3,(H,23,27). The van der Waals surface area contributed by atoms with Crippen LogP contribution in [0.1, 0.15) is 24.5 Å². The van der Waals surface area contributed by atoms with Gasteiger partial charge in [0.25, 0.3) is 5.56 Å². The van der Waals surface area contributed by atoms with Gasteiger partial charge in [0.2, 0.25) is 5.91 Å². The number of aromatic nitrogens is 2. The van der Waals surface area contributed by atoms with E-state index in [1.54, 1.807) is 6.07 Å². The molecule has 1 amide bonds. The van der Waals surface area contributed by atoms with Crippen molar-refractivity contribution >= 4 is 23.1 Å². The molecule has 9 heteroatoms. The van der Waals surface area contributed by atoms with E-state index in [0.717, 1.165) is 15.7 Å². The van der Waals surface area contributed by atoms with Crippen LogP contribution in [0.3, 0.4) is 0 Å². The zero-order chi connectivity index (χ0) is 21.8. The Labute approximate surface area is 175 Å². The number of rotatable bonds is 6. The lowest BCUT2D eigenvalue weighted by molar-refractivity contribution is -0.116. The molecule has 0 saturated carbocycles. The fourth-order valence-corrected chi connectivity index (χ4v) is 3.58. The molecule has 2 heterocycles. The van der Waals surface area contributed by atoms with Gasteiger partial charge in [-0.15, -0.1) is 0 Å². The Bertz CT molecular complexity index is 1050. The highest BCUT2D eigenvalue weighted by atomic mass is 16.5. The van der Waals surface area contributed by atoms with Crippen LogP contribution in [-0.4, -0.2) is 41.3 Å². The molecule has 30 heavy (non-hydrogen) atoms. The average Bonchev–Trinajstić information content (AvgIpc) is 2.73. The molecule has 1 fully saturated rings. The number of carbonyl (C=O) groups is 1. The molecule has 162 valence electrons. The lowest BCUT2D eigenvalue weighted by Crippen LogP contribution is -2.48. The second-order valence-corrected chi connectivity index (χ2v) is 7.45. The molecule has 0 aliphatic carbocycles. The van der Waals surface area contributed by atoms with Gasteiger partial charge in [-0.05, 0) is 37.5 Å². The number of hydrogen-bond donors (Lipinski definition) is 2. The van der Waals surface area contributed by atoms with E-state index < -0.39 is 17.2 Å². The molecule has 1 aliphatic heterocycles. The van der Waals surface area contributed by atoms with Crippen LogP contribution >= 0.6 is 0 Å². The summed E-state index contributed by atoms with van der Waals surface area (Å²) in [5.74, 6) is -0.302. The van der Waals surface area contributed by atoms with Gasteiger partial charge in [0.05, 0.1) is 13.2 Å². The summed E-state index contributed by atoms with van der Waals surface area (Å²) in [6.45, 7) is 7.70. The van der Waals surface area contributed by atoms with Crippen molar-refractivity contribution in [3.05, 3.63) is 50.2 Å². The third kappa shape index (κ3) is 4.25. The van der Waals surface area contributed by atoms with Crippen molar-refractivity contribution < 1.29 is 9.53 Å². The predicted molar refractivity (Wildman–Crippen MR) is 117 cm³/mol. The predicted octanol–water partition coefficient (Wildman–Crippen LogP) is 1.09. The number of morpholine rings is 1. The van der Waals surface area contributed by atoms with Crippen molar-refractivity contribution in [3.63, 3.8) is 0 Å². The number of carbonyl (C=O) groups excluding carboxylic acids is 1. The Morgan fingerprint density at radius 1 is 1.17 bits per heavy atom. The number of nitrogens with two attached hydrogens (primary N) is 1. The van der Waals surface area contributed by atoms with E-state index in [1.807, 2.05) is 37.8 Å². The number of aryl methyl sites for hydroxylation is 1. The quantitative estimate of drug-likeness (QED) is 0.731. The van der Waals surface area contributed by atoms with Crippen LogP contribution in [0.4, 0.5) is 17.2 Å². The Balaban J connectivity index is 1.99. The topological polar surface area (TPSA) is 112 Å². The fourth-order valence-electron chi connectivity index (χ4n) is 3.58. The summed E-state index contributed by atoms with van der Waals surface area (Å²) in [5.41, 5.74) is 7.99. The highest BCUT2D eigenvalue weighted by Crippen LogP contribution is 2.19. The molecule has 0 atom stereocenters. The number of anilines is 3. The minimum Gasteiger partial charge on any atom is -0.383 e. The first kappa shape index (κ1) is 21.6. The van der Waals surface area contributed by atoms with Gasteiger partial charge < -0.3 is 20.7 Å². The van der Waals surface area contributed by atoms with Gasteiger partial charge in [-0.1, -0.05) is 19.1 Å². The Kier molecular flexibility index (Phi) is 6.61. The summed E-state index contributed by atoms with van der Waals surface area (Å²) in [6, 6.07) is 5.59. The number of hydrogen-bond acceptors (Lipinski definition) is 6. The van der Waals surface area contributed by atoms with Crippen LogP contribution in [0.5, 0.6) is 0 Å². The molecule has 1 aromatic carbocycles. The number of nitrogens with zero attached hydrogens (tertiary/aromatic N) is 3. The van der Waals surface area contributed by atoms with Gasteiger partial charge >= 0.3 is 5.69 Å². The maximum atomic E-state index is 13.2. The average molecular weight is 415 g/mol. The van der Waals surface area contributed by atoms with Crippen molar-refractivity contribution in [1.82, 2.24) is 9.13 Å². The molecule has 2 aromatic rings. The van der Waals surface area contributed by atoms with E-state index >= 15 is 0 Å². The number of benzene rings is 1. The van der Waals surface area contributed by atoms with Crippen LogP contribution in [-0.2, 0) is 22.6 Å². The van der Waals surface area contributed by atoms with Crippen LogP contribution in [0, 0.1) is 13.8 Å². The summed E-state index contributed by atoms with van der Waals surface area (Å²) in [5, 5.41) is 2.81. The van der Waals surface area contributed by atoms with Crippen LogP contribution in [0.15, 0.2) is 27.8 Å². The summed E-state index contributed by atoms with van der Waals surface area (Å²) in [4.78, 5) is 40.7. The SMILES string of the molecule is CCCn1c(N)c(N2CCOCC2)c(=O)n(CC(=O)Nc2cccc(C)c2C)c1=O. The number of nitrogens with one attached hydrogen (secondary N) is 1. The van der Waals surface area contributed by atoms with E-state index in [4.69, 9.17) is 10.5 Å². The normalized spacial score (nSPS) is 14.0. The van der Waals surface area contributed by atoms with Crippen molar-refractivity contribution in [3.8, 4) is 0 Å². The van der Waals surface area contributed by atoms with Crippen molar-refractivity contribution in [2.45, 2.75) is 40.3 Å². The zero-order valence-corrected chi connectivity index (χ0v) is 17.7. The second kappa shape index (κ2) is 9.17. The highest BCUT2D eigenvalue weighted by molar-refractivity contribution is 5.91. The second-order valence-electron chi connectivity index (χ2n) is 7.45. The summed E-state index contributed by atoms with van der Waals surface area (Å²) in [6.07, 6.45) is 0.666. The number of amides is 1. The van der Waals surface area contributed by atoms with Gasteiger partial charge in [-0.2, -0.15) is 0 Å². The summed E-state index contributed by atoms with van der Waals surface area (Å²) >= 11 is 0. The molecule has 0 bridgehead atoms. The van der Waals surface area contributed by atoms with E-state index in [9.17, 15) is 14.4 Å². The largest absolute Gasteiger partial charge is 0.383 e. The minimum absolute atomic E-state index is 0.139.